The van der Waals surface area contributed by atoms with Gasteiger partial charge in [-0.3, -0.25) is 10.1 Å². The van der Waals surface area contributed by atoms with E-state index in [2.05, 4.69) is 15.4 Å². The molecule has 0 amide bonds. The van der Waals surface area contributed by atoms with Crippen molar-refractivity contribution in [2.75, 3.05) is 11.9 Å². The van der Waals surface area contributed by atoms with Gasteiger partial charge in [-0.2, -0.15) is 5.10 Å². The van der Waals surface area contributed by atoms with Crippen LogP contribution in [0.1, 0.15) is 12.5 Å². The Morgan fingerprint density at radius 2 is 2.15 bits per heavy atom. The maximum Gasteiger partial charge on any atom is 0.292 e. The molecule has 1 heterocycles. The average Bonchev–Trinajstić information content (AvgIpc) is 3.11. The zero-order valence-corrected chi connectivity index (χ0v) is 14.7. The summed E-state index contributed by atoms with van der Waals surface area (Å²) in [4.78, 5) is 14.6. The number of nitrogens with one attached hydrogen (secondary N) is 1. The van der Waals surface area contributed by atoms with Gasteiger partial charge in [-0.25, -0.2) is 9.67 Å². The fraction of sp³-hybridized carbons (Fsp3) is 0.176. The third-order valence-electron chi connectivity index (χ3n) is 3.58. The van der Waals surface area contributed by atoms with E-state index in [-0.39, 0.29) is 5.69 Å². The van der Waals surface area contributed by atoms with Crippen LogP contribution in [-0.2, 0) is 6.54 Å². The van der Waals surface area contributed by atoms with E-state index in [1.165, 1.54) is 12.4 Å². The summed E-state index contributed by atoms with van der Waals surface area (Å²) in [6.07, 6.45) is 3.05. The summed E-state index contributed by atoms with van der Waals surface area (Å²) in [6, 6.07) is 9.85. The minimum absolute atomic E-state index is 0.00172. The first kappa shape index (κ1) is 17.7. The molecule has 0 unspecified atom stereocenters. The molecule has 9 heteroatoms. The van der Waals surface area contributed by atoms with Crippen molar-refractivity contribution >= 4 is 23.0 Å². The van der Waals surface area contributed by atoms with Crippen LogP contribution >= 0.6 is 11.6 Å². The molecule has 134 valence electrons. The lowest BCUT2D eigenvalue weighted by molar-refractivity contribution is -0.384. The van der Waals surface area contributed by atoms with Gasteiger partial charge in [0.2, 0.25) is 0 Å². The van der Waals surface area contributed by atoms with E-state index >= 15 is 0 Å². The zero-order valence-electron chi connectivity index (χ0n) is 13.9. The molecule has 3 aromatic rings. The molecule has 0 fully saturated rings. The van der Waals surface area contributed by atoms with Gasteiger partial charge in [-0.05, 0) is 31.2 Å². The Morgan fingerprint density at radius 3 is 2.85 bits per heavy atom. The summed E-state index contributed by atoms with van der Waals surface area (Å²) in [6.45, 7) is 2.86. The number of halogens is 1. The fourth-order valence-electron chi connectivity index (χ4n) is 2.46. The molecule has 0 spiro atoms. The van der Waals surface area contributed by atoms with E-state index < -0.39 is 4.92 Å². The van der Waals surface area contributed by atoms with Crippen molar-refractivity contribution in [2.24, 2.45) is 0 Å². The van der Waals surface area contributed by atoms with Gasteiger partial charge in [-0.15, -0.1) is 0 Å². The number of rotatable bonds is 7. The van der Waals surface area contributed by atoms with Gasteiger partial charge < -0.3 is 10.1 Å². The molecule has 1 N–H and O–H groups in total. The van der Waals surface area contributed by atoms with Crippen molar-refractivity contribution < 1.29 is 9.66 Å². The summed E-state index contributed by atoms with van der Waals surface area (Å²) in [5.74, 6) is 1.06. The predicted molar refractivity (Wildman–Crippen MR) is 97.9 cm³/mol. The molecule has 0 aliphatic rings. The highest BCUT2D eigenvalue weighted by Crippen LogP contribution is 2.33. The second-order valence-electron chi connectivity index (χ2n) is 5.41. The molecule has 0 aliphatic carbocycles. The summed E-state index contributed by atoms with van der Waals surface area (Å²) in [7, 11) is 0. The smallest absolute Gasteiger partial charge is 0.292 e. The lowest BCUT2D eigenvalue weighted by Gasteiger charge is -2.13. The number of ether oxygens (including phenoxy) is 1. The number of anilines is 1. The highest BCUT2D eigenvalue weighted by Gasteiger charge is 2.15. The molecule has 0 saturated heterocycles. The molecule has 3 rings (SSSR count). The van der Waals surface area contributed by atoms with Crippen LogP contribution in [-0.4, -0.2) is 26.2 Å². The molecule has 2 aromatic carbocycles. The number of hydrogen-bond donors (Lipinski definition) is 1. The maximum atomic E-state index is 11.1. The largest absolute Gasteiger partial charge is 0.457 e. The molecule has 0 saturated carbocycles. The SMILES string of the molecule is CCNc1cc(Oc2ccc(Cl)cc2Cn2cncn2)ccc1[N+](=O)[O-]. The number of nitrogens with zero attached hydrogens (tertiary/aromatic N) is 4. The number of hydrogen-bond acceptors (Lipinski definition) is 6. The van der Waals surface area contributed by atoms with Crippen LogP contribution < -0.4 is 10.1 Å². The lowest BCUT2D eigenvalue weighted by Crippen LogP contribution is -2.03. The molecular formula is C17H16ClN5O3. The van der Waals surface area contributed by atoms with E-state index in [0.717, 1.165) is 5.56 Å². The Bertz CT molecular complexity index is 915. The Morgan fingerprint density at radius 1 is 1.31 bits per heavy atom. The zero-order chi connectivity index (χ0) is 18.5. The summed E-state index contributed by atoms with van der Waals surface area (Å²) < 4.78 is 7.60. The van der Waals surface area contributed by atoms with Crippen molar-refractivity contribution in [2.45, 2.75) is 13.5 Å². The van der Waals surface area contributed by atoms with Gasteiger partial charge in [0.15, 0.2) is 0 Å². The molecule has 26 heavy (non-hydrogen) atoms. The first-order valence-electron chi connectivity index (χ1n) is 7.88. The van der Waals surface area contributed by atoms with Crippen molar-refractivity contribution in [1.82, 2.24) is 14.8 Å². The predicted octanol–water partition coefficient (Wildman–Crippen LogP) is 4.11. The molecule has 0 atom stereocenters. The second kappa shape index (κ2) is 7.83. The normalized spacial score (nSPS) is 10.5. The van der Waals surface area contributed by atoms with Crippen LogP contribution in [0.25, 0.3) is 0 Å². The summed E-state index contributed by atoms with van der Waals surface area (Å²) in [5.41, 5.74) is 1.21. The molecular weight excluding hydrogens is 358 g/mol. The first-order chi connectivity index (χ1) is 12.6. The van der Waals surface area contributed by atoms with Gasteiger partial charge in [0.1, 0.15) is 29.8 Å². The van der Waals surface area contributed by atoms with E-state index in [1.807, 2.05) is 6.92 Å². The van der Waals surface area contributed by atoms with Crippen molar-refractivity contribution in [1.29, 1.82) is 0 Å². The average molecular weight is 374 g/mol. The van der Waals surface area contributed by atoms with Crippen molar-refractivity contribution in [3.8, 4) is 11.5 Å². The van der Waals surface area contributed by atoms with Gasteiger partial charge in [0.05, 0.1) is 11.5 Å². The third-order valence-corrected chi connectivity index (χ3v) is 3.82. The van der Waals surface area contributed by atoms with Crippen LogP contribution in [0.5, 0.6) is 11.5 Å². The van der Waals surface area contributed by atoms with Crippen molar-refractivity contribution in [3.05, 3.63) is 69.8 Å². The van der Waals surface area contributed by atoms with Crippen molar-refractivity contribution in [3.63, 3.8) is 0 Å². The van der Waals surface area contributed by atoms with Gasteiger partial charge >= 0.3 is 0 Å². The quantitative estimate of drug-likeness (QED) is 0.494. The maximum absolute atomic E-state index is 11.1. The van der Waals surface area contributed by atoms with Gasteiger partial charge in [-0.1, -0.05) is 11.6 Å². The topological polar surface area (TPSA) is 95.1 Å². The Hall–Kier alpha value is -3.13. The Balaban J connectivity index is 1.91. The standard InChI is InChI=1S/C17H16ClN5O3/c1-2-20-15-8-14(4-5-16(15)23(24)25)26-17-6-3-13(18)7-12(17)9-22-11-19-10-21-22/h3-8,10-11,20H,2,9H2,1H3. The Kier molecular flexibility index (Phi) is 5.33. The summed E-state index contributed by atoms with van der Waals surface area (Å²) in [5, 5.41) is 18.8. The molecule has 0 bridgehead atoms. The summed E-state index contributed by atoms with van der Waals surface area (Å²) >= 11 is 6.10. The first-order valence-corrected chi connectivity index (χ1v) is 8.25. The monoisotopic (exact) mass is 373 g/mol. The number of aromatic nitrogens is 3. The second-order valence-corrected chi connectivity index (χ2v) is 5.85. The highest BCUT2D eigenvalue weighted by atomic mass is 35.5. The molecule has 1 aromatic heterocycles. The minimum atomic E-state index is -0.430. The van der Waals surface area contributed by atoms with Crippen LogP contribution in [0.15, 0.2) is 49.1 Å². The van der Waals surface area contributed by atoms with E-state index in [0.29, 0.717) is 35.3 Å². The minimum Gasteiger partial charge on any atom is -0.457 e. The number of nitro benzene ring substituents is 1. The molecule has 8 nitrogen and oxygen atoms in total. The van der Waals surface area contributed by atoms with Gasteiger partial charge in [0.25, 0.3) is 5.69 Å². The van der Waals surface area contributed by atoms with Crippen LogP contribution in [0.2, 0.25) is 5.02 Å². The highest BCUT2D eigenvalue weighted by molar-refractivity contribution is 6.30. The van der Waals surface area contributed by atoms with Gasteiger partial charge in [0, 0.05) is 29.3 Å². The molecule has 0 radical (unpaired) electrons. The Labute approximate surface area is 154 Å². The lowest BCUT2D eigenvalue weighted by atomic mass is 10.2. The van der Waals surface area contributed by atoms with E-state index in [1.54, 1.807) is 41.3 Å². The molecule has 0 aliphatic heterocycles. The van der Waals surface area contributed by atoms with E-state index in [9.17, 15) is 10.1 Å². The van der Waals surface area contributed by atoms with Crippen LogP contribution in [0.3, 0.4) is 0 Å². The van der Waals surface area contributed by atoms with Crippen LogP contribution in [0, 0.1) is 10.1 Å². The number of benzene rings is 2. The van der Waals surface area contributed by atoms with E-state index in [4.69, 9.17) is 16.3 Å². The van der Waals surface area contributed by atoms with Crippen LogP contribution in [0.4, 0.5) is 11.4 Å². The fourth-order valence-corrected chi connectivity index (χ4v) is 2.65. The third kappa shape index (κ3) is 4.09. The number of nitro groups is 1.